The Labute approximate surface area is 168 Å². The number of aryl methyl sites for hydroxylation is 1. The van der Waals surface area contributed by atoms with Crippen LogP contribution in [0, 0.1) is 12.7 Å². The number of amides is 1. The van der Waals surface area contributed by atoms with Crippen LogP contribution in [0.5, 0.6) is 11.5 Å². The van der Waals surface area contributed by atoms with Crippen LogP contribution in [0.2, 0.25) is 0 Å². The quantitative estimate of drug-likeness (QED) is 0.688. The summed E-state index contributed by atoms with van der Waals surface area (Å²) >= 11 is 0. The number of ether oxygens (including phenoxy) is 2. The van der Waals surface area contributed by atoms with Crippen LogP contribution in [0.25, 0.3) is 0 Å². The van der Waals surface area contributed by atoms with E-state index in [4.69, 9.17) is 9.47 Å². The Morgan fingerprint density at radius 1 is 1.21 bits per heavy atom. The zero-order valence-electron chi connectivity index (χ0n) is 17.0. The van der Waals surface area contributed by atoms with Gasteiger partial charge in [-0.15, -0.1) is 0 Å². The molecule has 1 aromatic heterocycles. The van der Waals surface area contributed by atoms with Crippen molar-refractivity contribution in [3.63, 3.8) is 0 Å². The van der Waals surface area contributed by atoms with Crippen LogP contribution in [0.3, 0.4) is 0 Å². The summed E-state index contributed by atoms with van der Waals surface area (Å²) in [6.45, 7) is 6.87. The molecule has 0 bridgehead atoms. The molecule has 0 aliphatic carbocycles. The van der Waals surface area contributed by atoms with Gasteiger partial charge in [0.2, 0.25) is 0 Å². The van der Waals surface area contributed by atoms with E-state index in [1.165, 1.54) is 38.4 Å². The number of carbonyl (C=O) groups excluding carboxylic acids is 2. The molecule has 0 spiro atoms. The van der Waals surface area contributed by atoms with Gasteiger partial charge in [0, 0.05) is 18.2 Å². The molecule has 0 aliphatic heterocycles. The van der Waals surface area contributed by atoms with Gasteiger partial charge in [0.1, 0.15) is 18.0 Å². The predicted molar refractivity (Wildman–Crippen MR) is 104 cm³/mol. The fourth-order valence-electron chi connectivity index (χ4n) is 2.88. The molecule has 2 aromatic rings. The molecule has 1 heterocycles. The third-order valence-electron chi connectivity index (χ3n) is 4.75. The molecular weight excluding hydrogens is 379 g/mol. The van der Waals surface area contributed by atoms with Crippen LogP contribution >= 0.6 is 0 Å². The molecule has 3 atom stereocenters. The maximum absolute atomic E-state index is 13.3. The first-order chi connectivity index (χ1) is 13.6. The summed E-state index contributed by atoms with van der Waals surface area (Å²) in [6.07, 6.45) is 0.806. The number of nitrogens with zero attached hydrogens (tertiary/aromatic N) is 1. The van der Waals surface area contributed by atoms with Crippen LogP contribution in [-0.4, -0.2) is 41.2 Å². The summed E-state index contributed by atoms with van der Waals surface area (Å²) in [5.74, 6) is -2.19. The number of hydrogen-bond acceptors (Lipinski definition) is 6. The molecule has 0 unspecified atom stereocenters. The molecule has 0 saturated heterocycles. The van der Waals surface area contributed by atoms with Crippen LogP contribution in [0.4, 0.5) is 4.39 Å². The van der Waals surface area contributed by atoms with Gasteiger partial charge >= 0.3 is 5.97 Å². The van der Waals surface area contributed by atoms with E-state index in [1.807, 2.05) is 6.92 Å². The number of nitrogens with one attached hydrogen (secondary N) is 1. The highest BCUT2D eigenvalue weighted by atomic mass is 19.1. The first-order valence-corrected chi connectivity index (χ1v) is 9.15. The molecule has 0 saturated carbocycles. The normalized spacial score (nSPS) is 13.9. The first-order valence-electron chi connectivity index (χ1n) is 9.15. The Morgan fingerprint density at radius 2 is 1.90 bits per heavy atom. The van der Waals surface area contributed by atoms with Gasteiger partial charge in [-0.3, -0.25) is 4.79 Å². The average Bonchev–Trinajstić information content (AvgIpc) is 2.67. The number of esters is 1. The van der Waals surface area contributed by atoms with Crippen LogP contribution in [0.1, 0.15) is 48.3 Å². The van der Waals surface area contributed by atoms with Gasteiger partial charge in [-0.25, -0.2) is 14.2 Å². The molecule has 1 amide bonds. The van der Waals surface area contributed by atoms with Crippen molar-refractivity contribution in [2.75, 3.05) is 7.11 Å². The Bertz CT molecular complexity index is 903. The maximum atomic E-state index is 13.3. The molecule has 2 N–H and O–H groups in total. The Morgan fingerprint density at radius 3 is 2.52 bits per heavy atom. The lowest BCUT2D eigenvalue weighted by Gasteiger charge is -2.24. The van der Waals surface area contributed by atoms with Gasteiger partial charge in [-0.2, -0.15) is 0 Å². The van der Waals surface area contributed by atoms with E-state index in [-0.39, 0.29) is 23.2 Å². The van der Waals surface area contributed by atoms with E-state index < -0.39 is 29.8 Å². The molecular formula is C21H25FN2O5. The highest BCUT2D eigenvalue weighted by Crippen LogP contribution is 2.28. The molecule has 0 radical (unpaired) electrons. The lowest BCUT2D eigenvalue weighted by atomic mass is 9.92. The maximum Gasteiger partial charge on any atom is 0.328 e. The van der Waals surface area contributed by atoms with E-state index >= 15 is 0 Å². The zero-order chi connectivity index (χ0) is 21.7. The van der Waals surface area contributed by atoms with E-state index in [9.17, 15) is 19.1 Å². The first kappa shape index (κ1) is 22.1. The Hall–Kier alpha value is -3.16. The summed E-state index contributed by atoms with van der Waals surface area (Å²) < 4.78 is 23.7. The molecule has 29 heavy (non-hydrogen) atoms. The lowest BCUT2D eigenvalue weighted by molar-refractivity contribution is -0.151. The molecule has 1 aromatic carbocycles. The van der Waals surface area contributed by atoms with Crippen LogP contribution < -0.4 is 10.1 Å². The smallest absolute Gasteiger partial charge is 0.328 e. The van der Waals surface area contributed by atoms with E-state index in [0.29, 0.717) is 0 Å². The van der Waals surface area contributed by atoms with Crippen molar-refractivity contribution >= 4 is 11.9 Å². The number of aromatic nitrogens is 1. The predicted octanol–water partition coefficient (Wildman–Crippen LogP) is 3.10. The van der Waals surface area contributed by atoms with Crippen molar-refractivity contribution in [1.29, 1.82) is 0 Å². The third kappa shape index (κ3) is 5.22. The molecule has 156 valence electrons. The SMILES string of the molecule is COc1ccnc(C(=O)N[C@H](C)C(=O)O[C@@H](C)[C@@H](C)c2ccc(F)cc2C)c1O. The highest BCUT2D eigenvalue weighted by molar-refractivity contribution is 5.97. The van der Waals surface area contributed by atoms with Gasteiger partial charge < -0.3 is 19.9 Å². The van der Waals surface area contributed by atoms with Gasteiger partial charge in [-0.05, 0) is 44.0 Å². The second kappa shape index (κ2) is 9.36. The summed E-state index contributed by atoms with van der Waals surface area (Å²) in [6, 6.07) is 4.89. The number of aromatic hydroxyl groups is 1. The van der Waals surface area contributed by atoms with Crippen molar-refractivity contribution in [2.24, 2.45) is 0 Å². The van der Waals surface area contributed by atoms with Crippen molar-refractivity contribution in [3.8, 4) is 11.5 Å². The van der Waals surface area contributed by atoms with E-state index in [2.05, 4.69) is 10.3 Å². The monoisotopic (exact) mass is 404 g/mol. The largest absolute Gasteiger partial charge is 0.503 e. The molecule has 0 aliphatic rings. The second-order valence-corrected chi connectivity index (χ2v) is 6.84. The van der Waals surface area contributed by atoms with Crippen LogP contribution in [-0.2, 0) is 9.53 Å². The van der Waals surface area contributed by atoms with E-state index in [0.717, 1.165) is 11.1 Å². The average molecular weight is 404 g/mol. The molecule has 8 heteroatoms. The summed E-state index contributed by atoms with van der Waals surface area (Å²) in [4.78, 5) is 28.6. The Kier molecular flexibility index (Phi) is 7.14. The van der Waals surface area contributed by atoms with Gasteiger partial charge in [-0.1, -0.05) is 13.0 Å². The van der Waals surface area contributed by atoms with Crippen molar-refractivity contribution < 1.29 is 28.6 Å². The summed E-state index contributed by atoms with van der Waals surface area (Å²) in [5, 5.41) is 12.5. The van der Waals surface area contributed by atoms with Crippen molar-refractivity contribution in [2.45, 2.75) is 45.8 Å². The topological polar surface area (TPSA) is 97.8 Å². The zero-order valence-corrected chi connectivity index (χ0v) is 17.0. The molecule has 2 rings (SSSR count). The Balaban J connectivity index is 2.02. The number of rotatable bonds is 7. The van der Waals surface area contributed by atoms with Crippen molar-refractivity contribution in [1.82, 2.24) is 10.3 Å². The number of halogens is 1. The third-order valence-corrected chi connectivity index (χ3v) is 4.75. The number of hydrogen-bond donors (Lipinski definition) is 2. The number of carbonyl (C=O) groups is 2. The lowest BCUT2D eigenvalue weighted by Crippen LogP contribution is -2.41. The highest BCUT2D eigenvalue weighted by Gasteiger charge is 2.26. The number of pyridine rings is 1. The van der Waals surface area contributed by atoms with Gasteiger partial charge in [0.15, 0.2) is 17.2 Å². The second-order valence-electron chi connectivity index (χ2n) is 6.84. The van der Waals surface area contributed by atoms with Crippen molar-refractivity contribution in [3.05, 3.63) is 53.1 Å². The van der Waals surface area contributed by atoms with Gasteiger partial charge in [0.25, 0.3) is 5.91 Å². The van der Waals surface area contributed by atoms with E-state index in [1.54, 1.807) is 19.9 Å². The summed E-state index contributed by atoms with van der Waals surface area (Å²) in [5.41, 5.74) is 1.38. The minimum Gasteiger partial charge on any atom is -0.503 e. The summed E-state index contributed by atoms with van der Waals surface area (Å²) in [7, 11) is 1.35. The van der Waals surface area contributed by atoms with Gasteiger partial charge in [0.05, 0.1) is 7.11 Å². The number of methoxy groups -OCH3 is 1. The fourth-order valence-corrected chi connectivity index (χ4v) is 2.88. The van der Waals surface area contributed by atoms with Crippen LogP contribution in [0.15, 0.2) is 30.5 Å². The minimum atomic E-state index is -0.973. The minimum absolute atomic E-state index is 0.0949. The number of benzene rings is 1. The standard InChI is InChI=1S/C21H25FN2O5/c1-11-10-15(22)6-7-16(11)12(2)14(4)29-21(27)13(3)24-20(26)18-19(25)17(28-5)8-9-23-18/h6-10,12-14,25H,1-5H3,(H,24,26)/t12-,13-,14+/m1/s1. The molecule has 0 fully saturated rings. The molecule has 7 nitrogen and oxygen atoms in total. The fraction of sp³-hybridized carbons (Fsp3) is 0.381.